The molecule has 82 valence electrons. The molecule has 1 aromatic heterocycles. The minimum absolute atomic E-state index is 0.328. The Morgan fingerprint density at radius 1 is 1.67 bits per heavy atom. The molecule has 0 aliphatic heterocycles. The molecule has 2 N–H and O–H groups in total. The van der Waals surface area contributed by atoms with Crippen molar-refractivity contribution in [2.45, 2.75) is 12.5 Å². The van der Waals surface area contributed by atoms with Gasteiger partial charge in [0.05, 0.1) is 6.20 Å². The van der Waals surface area contributed by atoms with Crippen LogP contribution in [-0.2, 0) is 4.79 Å². The number of aromatic nitrogens is 1. The van der Waals surface area contributed by atoms with Gasteiger partial charge in [-0.3, -0.25) is 0 Å². The Balaban J connectivity index is 2.57. The van der Waals surface area contributed by atoms with E-state index in [0.717, 1.165) is 0 Å². The summed E-state index contributed by atoms with van der Waals surface area (Å²) in [6.45, 7) is 0.841. The second kappa shape index (κ2) is 4.59. The van der Waals surface area contributed by atoms with Crippen molar-refractivity contribution in [3.63, 3.8) is 0 Å². The number of hydrogen-bond donors (Lipinski definition) is 2. The van der Waals surface area contributed by atoms with Gasteiger partial charge in [-0.05, 0) is 35.0 Å². The minimum atomic E-state index is -1.90. The number of nitrogens with zero attached hydrogens (tertiary/aromatic N) is 1. The molecule has 1 heterocycles. The van der Waals surface area contributed by atoms with E-state index >= 15 is 0 Å². The molecule has 5 nitrogen and oxygen atoms in total. The Hall–Kier alpha value is -1.14. The van der Waals surface area contributed by atoms with E-state index in [1.54, 1.807) is 12.1 Å². The highest BCUT2D eigenvalue weighted by molar-refractivity contribution is 9.10. The molecule has 0 radical (unpaired) electrons. The fourth-order valence-electron chi connectivity index (χ4n) is 0.733. The molecular weight excluding hydrogens is 266 g/mol. The smallest absolute Gasteiger partial charge is 0.339 e. The number of aliphatic carboxylic acids is 1. The van der Waals surface area contributed by atoms with Crippen LogP contribution >= 0.6 is 15.9 Å². The summed E-state index contributed by atoms with van der Waals surface area (Å²) in [6, 6.07) is 3.28. The van der Waals surface area contributed by atoms with E-state index in [-0.39, 0.29) is 6.61 Å². The van der Waals surface area contributed by atoms with Gasteiger partial charge in [-0.1, -0.05) is 0 Å². The number of carbonyl (C=O) groups is 1. The van der Waals surface area contributed by atoms with Crippen LogP contribution in [-0.4, -0.2) is 33.4 Å². The molecule has 0 fully saturated rings. The first kappa shape index (κ1) is 11.9. The SMILES string of the molecule is CC(O)(COc1ccc(Br)nc1)C(=O)O. The standard InChI is InChI=1S/C9H10BrNO4/c1-9(14,8(12)13)5-15-6-2-3-7(10)11-4-6/h2-4,14H,5H2,1H3,(H,12,13). The van der Waals surface area contributed by atoms with Crippen molar-refractivity contribution in [2.75, 3.05) is 6.61 Å². The summed E-state index contributed by atoms with van der Waals surface area (Å²) in [4.78, 5) is 14.4. The number of halogens is 1. The van der Waals surface area contributed by atoms with Gasteiger partial charge in [0, 0.05) is 0 Å². The average Bonchev–Trinajstić information content (AvgIpc) is 2.17. The van der Waals surface area contributed by atoms with E-state index in [1.165, 1.54) is 13.1 Å². The molecule has 15 heavy (non-hydrogen) atoms. The van der Waals surface area contributed by atoms with Crippen LogP contribution in [0.25, 0.3) is 0 Å². The van der Waals surface area contributed by atoms with Crippen LogP contribution in [0.1, 0.15) is 6.92 Å². The lowest BCUT2D eigenvalue weighted by Gasteiger charge is -2.17. The van der Waals surface area contributed by atoms with Gasteiger partial charge in [-0.2, -0.15) is 0 Å². The zero-order chi connectivity index (χ0) is 11.5. The molecule has 6 heteroatoms. The number of ether oxygens (including phenoxy) is 1. The lowest BCUT2D eigenvalue weighted by molar-refractivity contribution is -0.159. The van der Waals surface area contributed by atoms with Crippen molar-refractivity contribution >= 4 is 21.9 Å². The summed E-state index contributed by atoms with van der Waals surface area (Å²) >= 11 is 3.15. The third-order valence-corrected chi connectivity index (χ3v) is 2.15. The van der Waals surface area contributed by atoms with Crippen LogP contribution in [0.5, 0.6) is 5.75 Å². The monoisotopic (exact) mass is 275 g/mol. The third kappa shape index (κ3) is 3.49. The van der Waals surface area contributed by atoms with E-state index in [0.29, 0.717) is 10.4 Å². The number of carboxylic acids is 1. The van der Waals surface area contributed by atoms with Crippen LogP contribution < -0.4 is 4.74 Å². The number of hydrogen-bond acceptors (Lipinski definition) is 4. The van der Waals surface area contributed by atoms with Gasteiger partial charge < -0.3 is 14.9 Å². The summed E-state index contributed by atoms with van der Waals surface area (Å²) in [5, 5.41) is 18.0. The highest BCUT2D eigenvalue weighted by atomic mass is 79.9. The second-order valence-electron chi connectivity index (χ2n) is 3.18. The topological polar surface area (TPSA) is 79.7 Å². The number of carboxylic acid groups (broad SMARTS) is 1. The van der Waals surface area contributed by atoms with Crippen LogP contribution in [0, 0.1) is 0 Å². The largest absolute Gasteiger partial charge is 0.488 e. The van der Waals surface area contributed by atoms with Crippen molar-refractivity contribution in [1.82, 2.24) is 4.98 Å². The molecule has 0 aliphatic carbocycles. The third-order valence-electron chi connectivity index (χ3n) is 1.68. The molecule has 1 unspecified atom stereocenters. The second-order valence-corrected chi connectivity index (χ2v) is 4.00. The van der Waals surface area contributed by atoms with Gasteiger partial charge in [-0.15, -0.1) is 0 Å². The summed E-state index contributed by atoms with van der Waals surface area (Å²) in [6.07, 6.45) is 1.43. The molecule has 0 saturated heterocycles. The Morgan fingerprint density at radius 3 is 2.80 bits per heavy atom. The van der Waals surface area contributed by atoms with E-state index in [1.807, 2.05) is 0 Å². The van der Waals surface area contributed by atoms with Gasteiger partial charge in [0.1, 0.15) is 17.0 Å². The maximum absolute atomic E-state index is 10.5. The van der Waals surface area contributed by atoms with E-state index in [2.05, 4.69) is 20.9 Å². The fraction of sp³-hybridized carbons (Fsp3) is 0.333. The summed E-state index contributed by atoms with van der Waals surface area (Å²) in [5.41, 5.74) is -1.90. The first-order valence-electron chi connectivity index (χ1n) is 4.12. The first-order valence-corrected chi connectivity index (χ1v) is 4.91. The molecule has 0 bridgehead atoms. The summed E-state index contributed by atoms with van der Waals surface area (Å²) in [7, 11) is 0. The van der Waals surface area contributed by atoms with E-state index in [4.69, 9.17) is 9.84 Å². The van der Waals surface area contributed by atoms with Crippen molar-refractivity contribution in [3.05, 3.63) is 22.9 Å². The maximum atomic E-state index is 10.5. The van der Waals surface area contributed by atoms with Crippen LogP contribution in [0.4, 0.5) is 0 Å². The number of pyridine rings is 1. The molecule has 0 aliphatic rings. The van der Waals surface area contributed by atoms with E-state index in [9.17, 15) is 9.90 Å². The highest BCUT2D eigenvalue weighted by Crippen LogP contribution is 2.14. The molecule has 1 aromatic rings. The predicted molar refractivity (Wildman–Crippen MR) is 55.7 cm³/mol. The predicted octanol–water partition coefficient (Wildman–Crippen LogP) is 1.06. The van der Waals surface area contributed by atoms with Gasteiger partial charge >= 0.3 is 5.97 Å². The van der Waals surface area contributed by atoms with Gasteiger partial charge in [-0.25, -0.2) is 9.78 Å². The Morgan fingerprint density at radius 2 is 2.33 bits per heavy atom. The number of aliphatic hydroxyl groups is 1. The van der Waals surface area contributed by atoms with Crippen LogP contribution in [0.3, 0.4) is 0 Å². The maximum Gasteiger partial charge on any atom is 0.339 e. The quantitative estimate of drug-likeness (QED) is 0.804. The normalized spacial score (nSPS) is 14.3. The molecule has 0 spiro atoms. The molecule has 0 amide bonds. The van der Waals surface area contributed by atoms with Crippen molar-refractivity contribution in [2.24, 2.45) is 0 Å². The molecule has 0 aromatic carbocycles. The highest BCUT2D eigenvalue weighted by Gasteiger charge is 2.30. The van der Waals surface area contributed by atoms with Gasteiger partial charge in [0.25, 0.3) is 0 Å². The number of rotatable bonds is 4. The zero-order valence-corrected chi connectivity index (χ0v) is 9.56. The van der Waals surface area contributed by atoms with E-state index < -0.39 is 11.6 Å². The minimum Gasteiger partial charge on any atom is -0.488 e. The zero-order valence-electron chi connectivity index (χ0n) is 7.98. The first-order chi connectivity index (χ1) is 6.92. The Kier molecular flexibility index (Phi) is 3.65. The van der Waals surface area contributed by atoms with Crippen LogP contribution in [0.15, 0.2) is 22.9 Å². The lowest BCUT2D eigenvalue weighted by Crippen LogP contribution is -2.41. The molecule has 1 rings (SSSR count). The van der Waals surface area contributed by atoms with Crippen LogP contribution in [0.2, 0.25) is 0 Å². The Bertz CT molecular complexity index is 350. The molecule has 0 saturated carbocycles. The van der Waals surface area contributed by atoms with Crippen molar-refractivity contribution in [3.8, 4) is 5.75 Å². The Labute approximate surface area is 94.8 Å². The lowest BCUT2D eigenvalue weighted by atomic mass is 10.1. The summed E-state index contributed by atoms with van der Waals surface area (Å²) < 4.78 is 5.73. The average molecular weight is 276 g/mol. The van der Waals surface area contributed by atoms with Gasteiger partial charge in [0.2, 0.25) is 0 Å². The van der Waals surface area contributed by atoms with Gasteiger partial charge in [0.15, 0.2) is 5.60 Å². The van der Waals surface area contributed by atoms with Crippen molar-refractivity contribution < 1.29 is 19.7 Å². The molecular formula is C9H10BrNO4. The van der Waals surface area contributed by atoms with Crippen molar-refractivity contribution in [1.29, 1.82) is 0 Å². The summed E-state index contributed by atoms with van der Waals surface area (Å²) in [5.74, 6) is -0.924. The fourth-order valence-corrected chi connectivity index (χ4v) is 0.968. The molecule has 1 atom stereocenters.